The minimum absolute atomic E-state index is 0.651. The Morgan fingerprint density at radius 1 is 1.56 bits per heavy atom. The molecule has 0 atom stereocenters. The zero-order valence-electron chi connectivity index (χ0n) is 9.21. The zero-order chi connectivity index (χ0) is 11.5. The third kappa shape index (κ3) is 2.29. The highest BCUT2D eigenvalue weighted by molar-refractivity contribution is 7.14. The predicted molar refractivity (Wildman–Crippen MR) is 66.9 cm³/mol. The fourth-order valence-electron chi connectivity index (χ4n) is 1.32. The van der Waals surface area contributed by atoms with E-state index in [4.69, 9.17) is 16.0 Å². The molecular formula is C11H13ClN2OS. The summed E-state index contributed by atoms with van der Waals surface area (Å²) in [6.45, 7) is 5.58. The Kier molecular flexibility index (Phi) is 3.63. The topological polar surface area (TPSA) is 38.1 Å². The Balaban J connectivity index is 2.21. The standard InChI is InChI=1S/C11H13ClN2OS/c1-3-13-5-9-14-4-8(15-9)11-10(12)7(2)6-16-11/h4,6,13H,3,5H2,1-2H3. The fourth-order valence-corrected chi connectivity index (χ4v) is 2.56. The number of nitrogens with one attached hydrogen (secondary N) is 1. The molecule has 0 amide bonds. The molecule has 86 valence electrons. The van der Waals surface area contributed by atoms with Crippen molar-refractivity contribution in [3.8, 4) is 10.6 Å². The average Bonchev–Trinajstić information content (AvgIpc) is 2.85. The number of hydrogen-bond acceptors (Lipinski definition) is 4. The summed E-state index contributed by atoms with van der Waals surface area (Å²) in [7, 11) is 0. The lowest BCUT2D eigenvalue weighted by Gasteiger charge is -1.95. The van der Waals surface area contributed by atoms with E-state index in [1.807, 2.05) is 19.2 Å². The third-order valence-electron chi connectivity index (χ3n) is 2.20. The first kappa shape index (κ1) is 11.6. The first-order chi connectivity index (χ1) is 7.72. The van der Waals surface area contributed by atoms with Gasteiger partial charge in [0.2, 0.25) is 5.89 Å². The molecule has 0 aliphatic rings. The summed E-state index contributed by atoms with van der Waals surface area (Å²) in [6.07, 6.45) is 1.73. The molecule has 0 aromatic carbocycles. The molecule has 2 aromatic rings. The second kappa shape index (κ2) is 4.99. The monoisotopic (exact) mass is 256 g/mol. The van der Waals surface area contributed by atoms with Gasteiger partial charge in [0.25, 0.3) is 0 Å². The predicted octanol–water partition coefficient (Wildman–Crippen LogP) is 3.47. The molecule has 0 bridgehead atoms. The van der Waals surface area contributed by atoms with Crippen LogP contribution in [0.3, 0.4) is 0 Å². The van der Waals surface area contributed by atoms with E-state index in [9.17, 15) is 0 Å². The van der Waals surface area contributed by atoms with Gasteiger partial charge >= 0.3 is 0 Å². The summed E-state index contributed by atoms with van der Waals surface area (Å²) in [4.78, 5) is 5.15. The van der Waals surface area contributed by atoms with Crippen LogP contribution in [0.5, 0.6) is 0 Å². The van der Waals surface area contributed by atoms with Crippen LogP contribution in [-0.2, 0) is 6.54 Å². The Morgan fingerprint density at radius 2 is 2.38 bits per heavy atom. The van der Waals surface area contributed by atoms with Crippen LogP contribution in [0.25, 0.3) is 10.6 Å². The molecule has 16 heavy (non-hydrogen) atoms. The summed E-state index contributed by atoms with van der Waals surface area (Å²) in [6, 6.07) is 0. The van der Waals surface area contributed by atoms with Crippen molar-refractivity contribution >= 4 is 22.9 Å². The van der Waals surface area contributed by atoms with Gasteiger partial charge in [-0.2, -0.15) is 0 Å². The smallest absolute Gasteiger partial charge is 0.208 e. The van der Waals surface area contributed by atoms with E-state index in [0.717, 1.165) is 27.8 Å². The second-order valence-corrected chi connectivity index (χ2v) is 4.72. The number of hydrogen-bond donors (Lipinski definition) is 1. The number of halogens is 1. The molecule has 2 aromatic heterocycles. The molecule has 2 rings (SSSR count). The average molecular weight is 257 g/mol. The summed E-state index contributed by atoms with van der Waals surface area (Å²) in [5, 5.41) is 5.94. The van der Waals surface area contributed by atoms with E-state index in [0.29, 0.717) is 12.4 Å². The molecule has 0 aliphatic heterocycles. The van der Waals surface area contributed by atoms with Crippen molar-refractivity contribution in [2.45, 2.75) is 20.4 Å². The Hall–Kier alpha value is -0.840. The highest BCUT2D eigenvalue weighted by Crippen LogP contribution is 2.36. The number of aryl methyl sites for hydroxylation is 1. The van der Waals surface area contributed by atoms with Gasteiger partial charge in [-0.25, -0.2) is 4.98 Å². The maximum Gasteiger partial charge on any atom is 0.208 e. The molecular weight excluding hydrogens is 244 g/mol. The Morgan fingerprint density at radius 3 is 3.00 bits per heavy atom. The molecule has 0 saturated heterocycles. The molecule has 0 spiro atoms. The van der Waals surface area contributed by atoms with Crippen LogP contribution in [0.15, 0.2) is 16.0 Å². The number of thiophene rings is 1. The third-order valence-corrected chi connectivity index (χ3v) is 3.91. The lowest BCUT2D eigenvalue weighted by molar-refractivity contribution is 0.483. The van der Waals surface area contributed by atoms with Crippen molar-refractivity contribution in [3.63, 3.8) is 0 Å². The maximum absolute atomic E-state index is 6.16. The van der Waals surface area contributed by atoms with E-state index < -0.39 is 0 Å². The van der Waals surface area contributed by atoms with E-state index in [-0.39, 0.29) is 0 Å². The van der Waals surface area contributed by atoms with Gasteiger partial charge in [-0.05, 0) is 24.4 Å². The molecule has 5 heteroatoms. The summed E-state index contributed by atoms with van der Waals surface area (Å²) >= 11 is 7.74. The molecule has 0 fully saturated rings. The van der Waals surface area contributed by atoms with Gasteiger partial charge < -0.3 is 9.73 Å². The van der Waals surface area contributed by atoms with Gasteiger partial charge in [0, 0.05) is 0 Å². The Labute approximate surface area is 103 Å². The van der Waals surface area contributed by atoms with Crippen LogP contribution in [-0.4, -0.2) is 11.5 Å². The molecule has 0 unspecified atom stereocenters. The van der Waals surface area contributed by atoms with Crippen molar-refractivity contribution in [2.75, 3.05) is 6.54 Å². The molecule has 0 radical (unpaired) electrons. The number of oxazole rings is 1. The summed E-state index contributed by atoms with van der Waals surface area (Å²) in [5.41, 5.74) is 1.08. The van der Waals surface area contributed by atoms with Gasteiger partial charge in [-0.15, -0.1) is 11.3 Å². The van der Waals surface area contributed by atoms with Crippen molar-refractivity contribution in [1.82, 2.24) is 10.3 Å². The highest BCUT2D eigenvalue weighted by atomic mass is 35.5. The first-order valence-corrected chi connectivity index (χ1v) is 6.37. The fraction of sp³-hybridized carbons (Fsp3) is 0.364. The van der Waals surface area contributed by atoms with Crippen molar-refractivity contribution in [2.24, 2.45) is 0 Å². The van der Waals surface area contributed by atoms with Gasteiger partial charge in [0.1, 0.15) is 0 Å². The number of nitrogens with zero attached hydrogens (tertiary/aromatic N) is 1. The van der Waals surface area contributed by atoms with Crippen molar-refractivity contribution in [1.29, 1.82) is 0 Å². The van der Waals surface area contributed by atoms with Gasteiger partial charge in [0.05, 0.1) is 22.6 Å². The van der Waals surface area contributed by atoms with Gasteiger partial charge in [-0.3, -0.25) is 0 Å². The van der Waals surface area contributed by atoms with Crippen molar-refractivity contribution in [3.05, 3.63) is 28.1 Å². The van der Waals surface area contributed by atoms with Crippen LogP contribution in [0.1, 0.15) is 18.4 Å². The maximum atomic E-state index is 6.16. The highest BCUT2D eigenvalue weighted by Gasteiger charge is 2.13. The first-order valence-electron chi connectivity index (χ1n) is 5.11. The molecule has 0 saturated carbocycles. The van der Waals surface area contributed by atoms with Crippen LogP contribution in [0.4, 0.5) is 0 Å². The summed E-state index contributed by atoms with van der Waals surface area (Å²) in [5.74, 6) is 1.44. The van der Waals surface area contributed by atoms with Crippen molar-refractivity contribution < 1.29 is 4.42 Å². The van der Waals surface area contributed by atoms with Crippen LogP contribution in [0, 0.1) is 6.92 Å². The minimum atomic E-state index is 0.651. The largest absolute Gasteiger partial charge is 0.438 e. The van der Waals surface area contributed by atoms with E-state index in [2.05, 4.69) is 10.3 Å². The molecule has 0 aliphatic carbocycles. The summed E-state index contributed by atoms with van der Waals surface area (Å²) < 4.78 is 5.62. The van der Waals surface area contributed by atoms with Gasteiger partial charge in [0.15, 0.2) is 5.76 Å². The number of aromatic nitrogens is 1. The quantitative estimate of drug-likeness (QED) is 0.910. The van der Waals surface area contributed by atoms with E-state index >= 15 is 0 Å². The normalized spacial score (nSPS) is 10.9. The van der Waals surface area contributed by atoms with E-state index in [1.165, 1.54) is 0 Å². The number of rotatable bonds is 4. The second-order valence-electron chi connectivity index (χ2n) is 3.46. The van der Waals surface area contributed by atoms with E-state index in [1.54, 1.807) is 17.5 Å². The SMILES string of the molecule is CCNCc1ncc(-c2scc(C)c2Cl)o1. The van der Waals surface area contributed by atoms with Crippen LogP contribution < -0.4 is 5.32 Å². The van der Waals surface area contributed by atoms with Crippen LogP contribution in [0.2, 0.25) is 5.02 Å². The van der Waals surface area contributed by atoms with Crippen LogP contribution >= 0.6 is 22.9 Å². The lowest BCUT2D eigenvalue weighted by Crippen LogP contribution is -2.11. The minimum Gasteiger partial charge on any atom is -0.438 e. The Bertz CT molecular complexity index is 478. The zero-order valence-corrected chi connectivity index (χ0v) is 10.8. The molecule has 3 nitrogen and oxygen atoms in total. The molecule has 2 heterocycles. The van der Waals surface area contributed by atoms with Gasteiger partial charge in [-0.1, -0.05) is 18.5 Å². The lowest BCUT2D eigenvalue weighted by atomic mass is 10.3. The molecule has 1 N–H and O–H groups in total.